The minimum absolute atomic E-state index is 0.000630. The first-order valence-electron chi connectivity index (χ1n) is 8.39. The first-order valence-corrected chi connectivity index (χ1v) is 9.96. The fourth-order valence-corrected chi connectivity index (χ4v) is 4.35. The zero-order valence-electron chi connectivity index (χ0n) is 14.9. The summed E-state index contributed by atoms with van der Waals surface area (Å²) in [5.74, 6) is -1.66. The highest BCUT2D eigenvalue weighted by molar-refractivity contribution is 7.17. The number of piperidine rings is 1. The number of halogens is 5. The van der Waals surface area contributed by atoms with E-state index in [1.807, 2.05) is 0 Å². The number of carboxylic acid groups (broad SMARTS) is 1. The second kappa shape index (κ2) is 8.04. The van der Waals surface area contributed by atoms with Gasteiger partial charge in [0, 0.05) is 31.0 Å². The Morgan fingerprint density at radius 2 is 1.93 bits per heavy atom. The minimum Gasteiger partial charge on any atom is -0.477 e. The number of thiazole rings is 1. The van der Waals surface area contributed by atoms with Crippen molar-refractivity contribution in [3.8, 4) is 0 Å². The standard InChI is InChI=1S/C16H15Cl2F3N4O3S/c1-7-10(18)9(17)6-25(7)14(28)22-8-2-4-24(5-3-8)15-23-12(16(19,20)21)11(29-15)13(26)27/h6,8H,2-5H2,1H3,(H,22,28)(H,26,27). The van der Waals surface area contributed by atoms with Gasteiger partial charge in [0.25, 0.3) is 0 Å². The molecule has 1 aliphatic rings. The molecule has 0 spiro atoms. The average molecular weight is 471 g/mol. The van der Waals surface area contributed by atoms with Crippen molar-refractivity contribution in [2.45, 2.75) is 32.0 Å². The molecule has 13 heteroatoms. The average Bonchev–Trinajstić information content (AvgIpc) is 3.20. The Morgan fingerprint density at radius 1 is 1.31 bits per heavy atom. The number of aromatic nitrogens is 2. The summed E-state index contributed by atoms with van der Waals surface area (Å²) in [5.41, 5.74) is -0.896. The largest absolute Gasteiger partial charge is 0.477 e. The van der Waals surface area contributed by atoms with Gasteiger partial charge < -0.3 is 15.3 Å². The number of alkyl halides is 3. The van der Waals surface area contributed by atoms with Crippen LogP contribution in [0.15, 0.2) is 6.20 Å². The number of rotatable bonds is 3. The Morgan fingerprint density at radius 3 is 2.38 bits per heavy atom. The van der Waals surface area contributed by atoms with Gasteiger partial charge >= 0.3 is 18.2 Å². The number of hydrogen-bond donors (Lipinski definition) is 2. The molecule has 0 radical (unpaired) electrons. The lowest BCUT2D eigenvalue weighted by molar-refractivity contribution is -0.141. The fraction of sp³-hybridized carbons (Fsp3) is 0.438. The van der Waals surface area contributed by atoms with Crippen molar-refractivity contribution < 1.29 is 27.9 Å². The molecule has 158 valence electrons. The molecule has 1 saturated heterocycles. The SMILES string of the molecule is Cc1c(Cl)c(Cl)cn1C(=O)NC1CCN(c2nc(C(F)(F)F)c(C(=O)O)s2)CC1. The van der Waals surface area contributed by atoms with E-state index in [4.69, 9.17) is 28.3 Å². The van der Waals surface area contributed by atoms with E-state index in [-0.39, 0.29) is 21.2 Å². The van der Waals surface area contributed by atoms with Gasteiger partial charge in [0.15, 0.2) is 10.8 Å². The van der Waals surface area contributed by atoms with E-state index in [9.17, 15) is 22.8 Å². The summed E-state index contributed by atoms with van der Waals surface area (Å²) in [4.78, 5) is 27.8. The number of aromatic carboxylic acids is 1. The minimum atomic E-state index is -4.84. The lowest BCUT2D eigenvalue weighted by Gasteiger charge is -2.32. The van der Waals surface area contributed by atoms with Crippen molar-refractivity contribution in [3.63, 3.8) is 0 Å². The molecule has 0 aromatic carbocycles. The van der Waals surface area contributed by atoms with Gasteiger partial charge in [-0.15, -0.1) is 0 Å². The van der Waals surface area contributed by atoms with Gasteiger partial charge in [-0.2, -0.15) is 13.2 Å². The van der Waals surface area contributed by atoms with Crippen LogP contribution < -0.4 is 10.2 Å². The number of carbonyl (C=O) groups excluding carboxylic acids is 1. The highest BCUT2D eigenvalue weighted by atomic mass is 35.5. The van der Waals surface area contributed by atoms with Gasteiger partial charge in [-0.25, -0.2) is 14.6 Å². The molecule has 3 rings (SSSR count). The molecule has 0 atom stereocenters. The molecular formula is C16H15Cl2F3N4O3S. The predicted molar refractivity (Wildman–Crippen MR) is 102 cm³/mol. The highest BCUT2D eigenvalue weighted by Crippen LogP contribution is 2.38. The van der Waals surface area contributed by atoms with Crippen LogP contribution >= 0.6 is 34.5 Å². The zero-order valence-corrected chi connectivity index (χ0v) is 17.2. The Hall–Kier alpha value is -1.98. The molecule has 2 N–H and O–H groups in total. The van der Waals surface area contributed by atoms with Crippen molar-refractivity contribution in [1.82, 2.24) is 14.9 Å². The van der Waals surface area contributed by atoms with E-state index in [2.05, 4.69) is 10.3 Å². The van der Waals surface area contributed by atoms with Crippen molar-refractivity contribution in [1.29, 1.82) is 0 Å². The third-order valence-electron chi connectivity index (χ3n) is 4.52. The van der Waals surface area contributed by atoms with Gasteiger partial charge in [-0.1, -0.05) is 34.5 Å². The smallest absolute Gasteiger partial charge is 0.435 e. The summed E-state index contributed by atoms with van der Waals surface area (Å²) in [7, 11) is 0. The molecule has 0 saturated carbocycles. The highest BCUT2D eigenvalue weighted by Gasteiger charge is 2.40. The summed E-state index contributed by atoms with van der Waals surface area (Å²) in [6.07, 6.45) is -2.52. The lowest BCUT2D eigenvalue weighted by atomic mass is 10.1. The van der Waals surface area contributed by atoms with Crippen molar-refractivity contribution in [3.05, 3.63) is 32.5 Å². The van der Waals surface area contributed by atoms with Crippen LogP contribution in [0, 0.1) is 6.92 Å². The monoisotopic (exact) mass is 470 g/mol. The third kappa shape index (κ3) is 4.46. The summed E-state index contributed by atoms with van der Waals surface area (Å²) < 4.78 is 40.3. The molecule has 7 nitrogen and oxygen atoms in total. The number of nitrogens with zero attached hydrogens (tertiary/aromatic N) is 3. The van der Waals surface area contributed by atoms with Crippen LogP contribution in [0.4, 0.5) is 23.1 Å². The lowest BCUT2D eigenvalue weighted by Crippen LogP contribution is -2.46. The molecule has 1 amide bonds. The van der Waals surface area contributed by atoms with E-state index >= 15 is 0 Å². The molecule has 0 bridgehead atoms. The van der Waals surface area contributed by atoms with Gasteiger partial charge in [0.1, 0.15) is 4.88 Å². The van der Waals surface area contributed by atoms with E-state index in [0.29, 0.717) is 43.0 Å². The van der Waals surface area contributed by atoms with E-state index in [0.717, 1.165) is 0 Å². The summed E-state index contributed by atoms with van der Waals surface area (Å²) in [6.45, 7) is 2.29. The van der Waals surface area contributed by atoms with Crippen molar-refractivity contribution in [2.75, 3.05) is 18.0 Å². The number of carboxylic acids is 1. The van der Waals surface area contributed by atoms with Crippen LogP contribution in [0.25, 0.3) is 0 Å². The van der Waals surface area contributed by atoms with Crippen LogP contribution in [0.5, 0.6) is 0 Å². The number of hydrogen-bond acceptors (Lipinski definition) is 5. The van der Waals surface area contributed by atoms with Crippen LogP contribution in [-0.4, -0.2) is 45.8 Å². The van der Waals surface area contributed by atoms with Crippen LogP contribution in [0.3, 0.4) is 0 Å². The van der Waals surface area contributed by atoms with Crippen molar-refractivity contribution in [2.24, 2.45) is 0 Å². The summed E-state index contributed by atoms with van der Waals surface area (Å²) in [5, 5.41) is 12.4. The van der Waals surface area contributed by atoms with Crippen LogP contribution in [0.2, 0.25) is 10.0 Å². The fourth-order valence-electron chi connectivity index (χ4n) is 3.00. The Bertz CT molecular complexity index is 952. The maximum absolute atomic E-state index is 13.0. The summed E-state index contributed by atoms with van der Waals surface area (Å²) >= 11 is 12.4. The second-order valence-electron chi connectivity index (χ2n) is 6.43. The van der Waals surface area contributed by atoms with Gasteiger partial charge in [0.05, 0.1) is 10.0 Å². The molecule has 1 aliphatic heterocycles. The number of anilines is 1. The predicted octanol–water partition coefficient (Wildman–Crippen LogP) is 4.50. The molecule has 2 aromatic rings. The summed E-state index contributed by atoms with van der Waals surface area (Å²) in [6, 6.07) is -0.615. The molecule has 0 aliphatic carbocycles. The number of carbonyl (C=O) groups is 2. The topological polar surface area (TPSA) is 87.5 Å². The Kier molecular flexibility index (Phi) is 6.02. The van der Waals surface area contributed by atoms with E-state index < -0.39 is 28.7 Å². The molecule has 2 aromatic heterocycles. The van der Waals surface area contributed by atoms with E-state index in [1.54, 1.807) is 11.8 Å². The molecule has 3 heterocycles. The van der Waals surface area contributed by atoms with Gasteiger partial charge in [-0.3, -0.25) is 4.57 Å². The normalized spacial score (nSPS) is 15.6. The second-order valence-corrected chi connectivity index (χ2v) is 8.20. The quantitative estimate of drug-likeness (QED) is 0.689. The maximum atomic E-state index is 13.0. The van der Waals surface area contributed by atoms with E-state index in [1.165, 1.54) is 10.8 Å². The van der Waals surface area contributed by atoms with Crippen molar-refractivity contribution >= 4 is 51.7 Å². The Balaban J connectivity index is 1.66. The van der Waals surface area contributed by atoms with Gasteiger partial charge in [0.2, 0.25) is 0 Å². The maximum Gasteiger partial charge on any atom is 0.435 e. The molecule has 0 unspecified atom stereocenters. The van der Waals surface area contributed by atoms with Gasteiger partial charge in [-0.05, 0) is 19.8 Å². The first kappa shape index (κ1) is 21.7. The number of amides is 1. The Labute approximate surface area is 177 Å². The molecule has 1 fully saturated rings. The third-order valence-corrected chi connectivity index (χ3v) is 6.49. The zero-order chi connectivity index (χ0) is 21.5. The molecular weight excluding hydrogens is 456 g/mol. The number of nitrogens with one attached hydrogen (secondary N) is 1. The van der Waals surface area contributed by atoms with Crippen LogP contribution in [0.1, 0.15) is 33.9 Å². The molecule has 29 heavy (non-hydrogen) atoms. The van der Waals surface area contributed by atoms with Crippen LogP contribution in [-0.2, 0) is 6.18 Å². The first-order chi connectivity index (χ1) is 13.5.